The van der Waals surface area contributed by atoms with Gasteiger partial charge in [-0.3, -0.25) is 14.9 Å². The molecule has 1 aromatic heterocycles. The maximum Gasteiger partial charge on any atom is 0.272 e. The summed E-state index contributed by atoms with van der Waals surface area (Å²) < 4.78 is 0. The number of benzene rings is 2. The van der Waals surface area contributed by atoms with Crippen LogP contribution in [0.15, 0.2) is 59.4 Å². The van der Waals surface area contributed by atoms with Crippen molar-refractivity contribution in [1.29, 1.82) is 0 Å². The second-order valence-electron chi connectivity index (χ2n) is 4.53. The summed E-state index contributed by atoms with van der Waals surface area (Å²) in [5.74, 6) is 0. The van der Waals surface area contributed by atoms with Crippen LogP contribution in [0.5, 0.6) is 0 Å². The third kappa shape index (κ3) is 2.59. The van der Waals surface area contributed by atoms with E-state index in [1.165, 1.54) is 12.1 Å². The molecular weight excluding hydrogens is 270 g/mol. The molecule has 0 radical (unpaired) electrons. The number of nitro groups is 1. The van der Waals surface area contributed by atoms with Gasteiger partial charge in [-0.2, -0.15) is 0 Å². The number of hydrogen-bond donors (Lipinski definition) is 2. The van der Waals surface area contributed by atoms with Gasteiger partial charge in [0, 0.05) is 28.7 Å². The number of aromatic amines is 1. The molecule has 0 spiro atoms. The third-order valence-electron chi connectivity index (χ3n) is 3.11. The van der Waals surface area contributed by atoms with Gasteiger partial charge in [-0.1, -0.05) is 18.2 Å². The second-order valence-corrected chi connectivity index (χ2v) is 4.53. The number of nitrogens with one attached hydrogen (secondary N) is 2. The van der Waals surface area contributed by atoms with Gasteiger partial charge >= 0.3 is 0 Å². The number of fused-ring (bicyclic) bond motifs is 1. The van der Waals surface area contributed by atoms with E-state index in [1.54, 1.807) is 18.2 Å². The zero-order valence-corrected chi connectivity index (χ0v) is 10.9. The highest BCUT2D eigenvalue weighted by Crippen LogP contribution is 2.20. The first-order valence-corrected chi connectivity index (χ1v) is 6.27. The lowest BCUT2D eigenvalue weighted by Crippen LogP contribution is -2.11. The molecule has 0 aliphatic heterocycles. The number of aromatic nitrogens is 1. The Hall–Kier alpha value is -3.15. The lowest BCUT2D eigenvalue weighted by Gasteiger charge is -2.06. The first-order valence-electron chi connectivity index (χ1n) is 6.27. The molecule has 21 heavy (non-hydrogen) atoms. The molecule has 104 valence electrons. The van der Waals surface area contributed by atoms with Gasteiger partial charge in [-0.05, 0) is 24.3 Å². The SMILES string of the molecule is O=c1[nH]c2ccccc2cc1Nc1ccc([N+](=O)[O-])cc1. The summed E-state index contributed by atoms with van der Waals surface area (Å²) in [4.78, 5) is 24.9. The van der Waals surface area contributed by atoms with Crippen molar-refractivity contribution >= 4 is 28.0 Å². The molecule has 0 amide bonds. The topological polar surface area (TPSA) is 88.0 Å². The van der Waals surface area contributed by atoms with E-state index in [1.807, 2.05) is 24.3 Å². The van der Waals surface area contributed by atoms with Gasteiger partial charge in [0.1, 0.15) is 5.69 Å². The molecule has 3 aromatic rings. The highest BCUT2D eigenvalue weighted by molar-refractivity contribution is 5.82. The van der Waals surface area contributed by atoms with Crippen LogP contribution in [0.3, 0.4) is 0 Å². The fourth-order valence-corrected chi connectivity index (χ4v) is 2.06. The van der Waals surface area contributed by atoms with Gasteiger partial charge in [-0.15, -0.1) is 0 Å². The number of H-pyrrole nitrogens is 1. The van der Waals surface area contributed by atoms with Gasteiger partial charge in [0.2, 0.25) is 0 Å². The zero-order valence-electron chi connectivity index (χ0n) is 10.9. The molecule has 2 aromatic carbocycles. The highest BCUT2D eigenvalue weighted by Gasteiger charge is 2.06. The minimum absolute atomic E-state index is 0.00738. The average Bonchev–Trinajstić information content (AvgIpc) is 2.48. The predicted octanol–water partition coefficient (Wildman–Crippen LogP) is 3.18. The second kappa shape index (κ2) is 5.09. The summed E-state index contributed by atoms with van der Waals surface area (Å²) >= 11 is 0. The van der Waals surface area contributed by atoms with E-state index in [-0.39, 0.29) is 11.2 Å². The van der Waals surface area contributed by atoms with Gasteiger partial charge in [0.25, 0.3) is 11.2 Å². The van der Waals surface area contributed by atoms with Gasteiger partial charge in [-0.25, -0.2) is 0 Å². The lowest BCUT2D eigenvalue weighted by atomic mass is 10.2. The summed E-state index contributed by atoms with van der Waals surface area (Å²) in [5.41, 5.74) is 1.53. The zero-order chi connectivity index (χ0) is 14.8. The van der Waals surface area contributed by atoms with Crippen molar-refractivity contribution in [3.63, 3.8) is 0 Å². The van der Waals surface area contributed by atoms with Crippen molar-refractivity contribution in [3.05, 3.63) is 75.1 Å². The van der Waals surface area contributed by atoms with Crippen LogP contribution < -0.4 is 10.9 Å². The number of nitro benzene ring substituents is 1. The highest BCUT2D eigenvalue weighted by atomic mass is 16.6. The number of hydrogen-bond acceptors (Lipinski definition) is 4. The molecule has 6 heteroatoms. The molecule has 1 heterocycles. The standard InChI is InChI=1S/C15H11N3O3/c19-15-14(9-10-3-1-2-4-13(10)17-15)16-11-5-7-12(8-6-11)18(20)21/h1-9,16H,(H,17,19). The third-order valence-corrected chi connectivity index (χ3v) is 3.11. The summed E-state index contributed by atoms with van der Waals surface area (Å²) in [6, 6.07) is 15.1. The molecule has 3 rings (SSSR count). The van der Waals surface area contributed by atoms with Crippen molar-refractivity contribution in [2.24, 2.45) is 0 Å². The van der Waals surface area contributed by atoms with Crippen LogP contribution >= 0.6 is 0 Å². The maximum absolute atomic E-state index is 12.0. The van der Waals surface area contributed by atoms with Crippen molar-refractivity contribution < 1.29 is 4.92 Å². The van der Waals surface area contributed by atoms with E-state index in [0.717, 1.165) is 10.9 Å². The van der Waals surface area contributed by atoms with Crippen LogP contribution in [0.2, 0.25) is 0 Å². The predicted molar refractivity (Wildman–Crippen MR) is 80.9 cm³/mol. The Labute approximate surface area is 119 Å². The van der Waals surface area contributed by atoms with Crippen LogP contribution in [0, 0.1) is 10.1 Å². The van der Waals surface area contributed by atoms with Crippen LogP contribution in [-0.2, 0) is 0 Å². The number of rotatable bonds is 3. The minimum atomic E-state index is -0.466. The normalized spacial score (nSPS) is 10.5. The van der Waals surface area contributed by atoms with Crippen LogP contribution in [0.25, 0.3) is 10.9 Å². The first-order chi connectivity index (χ1) is 10.1. The Kier molecular flexibility index (Phi) is 3.12. The molecule has 0 unspecified atom stereocenters. The number of pyridine rings is 1. The molecule has 2 N–H and O–H groups in total. The summed E-state index contributed by atoms with van der Waals surface area (Å²) in [6.45, 7) is 0. The molecular formula is C15H11N3O3. The Balaban J connectivity index is 1.95. The number of para-hydroxylation sites is 1. The molecule has 0 atom stereocenters. The average molecular weight is 281 g/mol. The maximum atomic E-state index is 12.0. The van der Waals surface area contributed by atoms with Crippen molar-refractivity contribution in [1.82, 2.24) is 4.98 Å². The molecule has 0 saturated heterocycles. The van der Waals surface area contributed by atoms with E-state index in [2.05, 4.69) is 10.3 Å². The molecule has 0 fully saturated rings. The van der Waals surface area contributed by atoms with E-state index < -0.39 is 4.92 Å². The molecule has 0 bridgehead atoms. The number of nitrogens with zero attached hydrogens (tertiary/aromatic N) is 1. The van der Waals surface area contributed by atoms with Crippen molar-refractivity contribution in [2.45, 2.75) is 0 Å². The Morgan fingerprint density at radius 3 is 2.48 bits per heavy atom. The van der Waals surface area contributed by atoms with Gasteiger partial charge in [0.05, 0.1) is 4.92 Å². The van der Waals surface area contributed by atoms with Gasteiger partial charge < -0.3 is 10.3 Å². The minimum Gasteiger partial charge on any atom is -0.351 e. The van der Waals surface area contributed by atoms with Gasteiger partial charge in [0.15, 0.2) is 0 Å². The van der Waals surface area contributed by atoms with E-state index in [0.29, 0.717) is 11.4 Å². The van der Waals surface area contributed by atoms with Crippen LogP contribution in [-0.4, -0.2) is 9.91 Å². The number of anilines is 2. The fourth-order valence-electron chi connectivity index (χ4n) is 2.06. The Morgan fingerprint density at radius 1 is 1.05 bits per heavy atom. The fraction of sp³-hybridized carbons (Fsp3) is 0. The van der Waals surface area contributed by atoms with Crippen LogP contribution in [0.4, 0.5) is 17.1 Å². The first kappa shape index (κ1) is 12.9. The van der Waals surface area contributed by atoms with Crippen molar-refractivity contribution in [3.8, 4) is 0 Å². The molecule has 0 aliphatic rings. The van der Waals surface area contributed by atoms with E-state index in [4.69, 9.17) is 0 Å². The Morgan fingerprint density at radius 2 is 1.76 bits per heavy atom. The van der Waals surface area contributed by atoms with Crippen LogP contribution in [0.1, 0.15) is 0 Å². The molecule has 0 aliphatic carbocycles. The molecule has 0 saturated carbocycles. The summed E-state index contributed by atoms with van der Waals surface area (Å²) in [5, 5.41) is 14.5. The van der Waals surface area contributed by atoms with E-state index >= 15 is 0 Å². The number of non-ortho nitro benzene ring substituents is 1. The quantitative estimate of drug-likeness (QED) is 0.570. The van der Waals surface area contributed by atoms with E-state index in [9.17, 15) is 14.9 Å². The monoisotopic (exact) mass is 281 g/mol. The largest absolute Gasteiger partial charge is 0.351 e. The smallest absolute Gasteiger partial charge is 0.272 e. The Bertz CT molecular complexity index is 869. The van der Waals surface area contributed by atoms with Crippen molar-refractivity contribution in [2.75, 3.05) is 5.32 Å². The summed E-state index contributed by atoms with van der Waals surface area (Å²) in [7, 11) is 0. The molecule has 6 nitrogen and oxygen atoms in total. The lowest BCUT2D eigenvalue weighted by molar-refractivity contribution is -0.384. The summed E-state index contributed by atoms with van der Waals surface area (Å²) in [6.07, 6.45) is 0.